The van der Waals surface area contributed by atoms with Crippen molar-refractivity contribution in [1.29, 1.82) is 0 Å². The van der Waals surface area contributed by atoms with Crippen LogP contribution in [0.5, 0.6) is 0 Å². The number of sulfone groups is 1. The Balaban J connectivity index is 2.26. The zero-order chi connectivity index (χ0) is 20.8. The zero-order valence-corrected chi connectivity index (χ0v) is 16.9. The summed E-state index contributed by atoms with van der Waals surface area (Å²) in [7, 11) is -4.15. The first-order valence-corrected chi connectivity index (χ1v) is 10.5. The van der Waals surface area contributed by atoms with Gasteiger partial charge in [-0.3, -0.25) is 0 Å². The van der Waals surface area contributed by atoms with Crippen LogP contribution in [0.4, 0.5) is 17.6 Å². The predicted octanol–water partition coefficient (Wildman–Crippen LogP) is 5.43. The number of imidazole rings is 1. The third kappa shape index (κ3) is 3.83. The van der Waals surface area contributed by atoms with Crippen molar-refractivity contribution in [3.8, 4) is 22.5 Å². The molecular formula is C18H13BrF4N2O2S. The molecule has 2 aromatic carbocycles. The number of hydrogen-bond donors (Lipinski definition) is 1. The van der Waals surface area contributed by atoms with Gasteiger partial charge in [0.25, 0.3) is 6.43 Å². The number of aromatic amines is 1. The van der Waals surface area contributed by atoms with Gasteiger partial charge in [-0.15, -0.1) is 0 Å². The Bertz CT molecular complexity index is 1150. The normalized spacial score (nSPS) is 12.0. The number of aryl methyl sites for hydroxylation is 1. The van der Waals surface area contributed by atoms with Gasteiger partial charge in [0.15, 0.2) is 15.7 Å². The van der Waals surface area contributed by atoms with E-state index in [0.29, 0.717) is 11.8 Å². The second-order valence-corrected chi connectivity index (χ2v) is 8.96. The Morgan fingerprint density at radius 1 is 1.07 bits per heavy atom. The summed E-state index contributed by atoms with van der Waals surface area (Å²) in [5, 5.41) is 0. The van der Waals surface area contributed by atoms with Crippen molar-refractivity contribution in [2.45, 2.75) is 18.2 Å². The summed E-state index contributed by atoms with van der Waals surface area (Å²) in [6.45, 7) is 1.79. The molecule has 1 heterocycles. The molecule has 0 saturated carbocycles. The maximum atomic E-state index is 14.3. The van der Waals surface area contributed by atoms with E-state index in [1.165, 1.54) is 0 Å². The van der Waals surface area contributed by atoms with E-state index in [-0.39, 0.29) is 17.0 Å². The first-order chi connectivity index (χ1) is 13.0. The quantitative estimate of drug-likeness (QED) is 0.510. The van der Waals surface area contributed by atoms with Crippen molar-refractivity contribution in [2.75, 3.05) is 6.26 Å². The lowest BCUT2D eigenvalue weighted by Gasteiger charge is -2.08. The van der Waals surface area contributed by atoms with Crippen LogP contribution in [0.3, 0.4) is 0 Å². The highest BCUT2D eigenvalue weighted by Crippen LogP contribution is 2.35. The molecule has 0 aliphatic carbocycles. The molecule has 148 valence electrons. The summed E-state index contributed by atoms with van der Waals surface area (Å²) in [5.74, 6) is -3.31. The van der Waals surface area contributed by atoms with Gasteiger partial charge in [-0.1, -0.05) is 22.0 Å². The number of nitrogens with one attached hydrogen (secondary N) is 1. The lowest BCUT2D eigenvalue weighted by Crippen LogP contribution is -2.05. The molecule has 0 saturated heterocycles. The average molecular weight is 477 g/mol. The smallest absolute Gasteiger partial charge is 0.295 e. The number of aromatic nitrogens is 2. The SMILES string of the molecule is Cc1cc(-c2[nH]c(C(F)F)nc2-c2cc(F)c(S(C)(=O)=O)c(F)c2)ccc1Br. The Morgan fingerprint density at radius 2 is 1.68 bits per heavy atom. The van der Waals surface area contributed by atoms with Gasteiger partial charge in [0.05, 0.1) is 11.4 Å². The number of rotatable bonds is 4. The third-order valence-electron chi connectivity index (χ3n) is 4.02. The maximum absolute atomic E-state index is 14.3. The lowest BCUT2D eigenvalue weighted by atomic mass is 10.0. The molecule has 0 amide bonds. The molecule has 0 atom stereocenters. The first kappa shape index (κ1) is 20.5. The molecule has 0 aliphatic rings. The van der Waals surface area contributed by atoms with E-state index in [2.05, 4.69) is 25.9 Å². The first-order valence-electron chi connectivity index (χ1n) is 7.83. The van der Waals surface area contributed by atoms with E-state index >= 15 is 0 Å². The van der Waals surface area contributed by atoms with Crippen LogP contribution in [0.1, 0.15) is 17.8 Å². The van der Waals surface area contributed by atoms with Crippen molar-refractivity contribution in [1.82, 2.24) is 9.97 Å². The number of alkyl halides is 2. The van der Waals surface area contributed by atoms with E-state index in [9.17, 15) is 26.0 Å². The third-order valence-corrected chi connectivity index (χ3v) is 6.04. The summed E-state index contributed by atoms with van der Waals surface area (Å²) in [5.41, 5.74) is 1.14. The largest absolute Gasteiger partial charge is 0.337 e. The molecule has 10 heteroatoms. The summed E-state index contributed by atoms with van der Waals surface area (Å²) in [4.78, 5) is 5.19. The molecule has 1 N–H and O–H groups in total. The van der Waals surface area contributed by atoms with E-state index in [0.717, 1.165) is 22.2 Å². The van der Waals surface area contributed by atoms with Crippen LogP contribution < -0.4 is 0 Å². The second kappa shape index (κ2) is 7.32. The molecule has 4 nitrogen and oxygen atoms in total. The molecule has 3 aromatic rings. The molecule has 0 bridgehead atoms. The van der Waals surface area contributed by atoms with Crippen LogP contribution in [0.25, 0.3) is 22.5 Å². The lowest BCUT2D eigenvalue weighted by molar-refractivity contribution is 0.141. The van der Waals surface area contributed by atoms with Gasteiger partial charge >= 0.3 is 0 Å². The van der Waals surface area contributed by atoms with Gasteiger partial charge in [-0.05, 0) is 36.8 Å². The topological polar surface area (TPSA) is 62.8 Å². The molecule has 28 heavy (non-hydrogen) atoms. The summed E-state index contributed by atoms with van der Waals surface area (Å²) >= 11 is 3.34. The van der Waals surface area contributed by atoms with Crippen LogP contribution in [0, 0.1) is 18.6 Å². The fourth-order valence-corrected chi connectivity index (χ4v) is 3.84. The van der Waals surface area contributed by atoms with Crippen molar-refractivity contribution in [3.05, 3.63) is 57.8 Å². The number of H-pyrrole nitrogens is 1. The van der Waals surface area contributed by atoms with Crippen LogP contribution in [-0.4, -0.2) is 24.6 Å². The van der Waals surface area contributed by atoms with E-state index in [1.807, 2.05) is 0 Å². The summed E-state index contributed by atoms with van der Waals surface area (Å²) in [6, 6.07) is 6.54. The number of nitrogens with zero attached hydrogens (tertiary/aromatic N) is 1. The van der Waals surface area contributed by atoms with Crippen molar-refractivity contribution in [3.63, 3.8) is 0 Å². The van der Waals surface area contributed by atoms with Gasteiger partial charge < -0.3 is 4.98 Å². The number of hydrogen-bond acceptors (Lipinski definition) is 3. The Hall–Kier alpha value is -2.20. The minimum atomic E-state index is -4.15. The molecule has 0 radical (unpaired) electrons. The van der Waals surface area contributed by atoms with Gasteiger partial charge in [0.1, 0.15) is 16.5 Å². The van der Waals surface area contributed by atoms with Gasteiger partial charge in [-0.25, -0.2) is 31.0 Å². The molecule has 0 aliphatic heterocycles. The summed E-state index contributed by atoms with van der Waals surface area (Å²) < 4.78 is 78.9. The summed E-state index contributed by atoms with van der Waals surface area (Å²) in [6.07, 6.45) is -2.26. The molecule has 0 fully saturated rings. The monoisotopic (exact) mass is 476 g/mol. The minimum absolute atomic E-state index is 0.116. The minimum Gasteiger partial charge on any atom is -0.337 e. The van der Waals surface area contributed by atoms with Crippen molar-refractivity contribution < 1.29 is 26.0 Å². The average Bonchev–Trinajstić information content (AvgIpc) is 3.01. The van der Waals surface area contributed by atoms with Gasteiger partial charge in [0, 0.05) is 21.9 Å². The maximum Gasteiger partial charge on any atom is 0.295 e. The number of benzene rings is 2. The van der Waals surface area contributed by atoms with E-state index in [4.69, 9.17) is 0 Å². The molecule has 0 unspecified atom stereocenters. The highest BCUT2D eigenvalue weighted by atomic mass is 79.9. The van der Waals surface area contributed by atoms with Crippen LogP contribution in [-0.2, 0) is 9.84 Å². The molecule has 1 aromatic heterocycles. The zero-order valence-electron chi connectivity index (χ0n) is 14.5. The molecule has 3 rings (SSSR count). The van der Waals surface area contributed by atoms with Crippen molar-refractivity contribution >= 4 is 25.8 Å². The molecular weight excluding hydrogens is 464 g/mol. The van der Waals surface area contributed by atoms with Gasteiger partial charge in [-0.2, -0.15) is 0 Å². The van der Waals surface area contributed by atoms with Crippen LogP contribution in [0.15, 0.2) is 39.7 Å². The molecule has 0 spiro atoms. The second-order valence-electron chi connectivity index (χ2n) is 6.15. The number of halogens is 5. The van der Waals surface area contributed by atoms with E-state index < -0.39 is 38.6 Å². The fraction of sp³-hybridized carbons (Fsp3) is 0.167. The highest BCUT2D eigenvalue weighted by Gasteiger charge is 2.25. The standard InChI is InChI=1S/C18H13BrF4N2O2S/c1-8-5-9(3-4-11(8)19)14-15(25-18(24-14)17(22)23)10-6-12(20)16(13(21)7-10)28(2,26)27/h3-7,17H,1-2H3,(H,24,25). The predicted molar refractivity (Wildman–Crippen MR) is 99.9 cm³/mol. The Labute approximate surface area is 166 Å². The Morgan fingerprint density at radius 3 is 2.18 bits per heavy atom. The highest BCUT2D eigenvalue weighted by molar-refractivity contribution is 9.10. The van der Waals surface area contributed by atoms with E-state index in [1.54, 1.807) is 25.1 Å². The van der Waals surface area contributed by atoms with Crippen LogP contribution >= 0.6 is 15.9 Å². The van der Waals surface area contributed by atoms with Crippen LogP contribution in [0.2, 0.25) is 0 Å². The van der Waals surface area contributed by atoms with Crippen molar-refractivity contribution in [2.24, 2.45) is 0 Å². The fourth-order valence-electron chi connectivity index (χ4n) is 2.76. The van der Waals surface area contributed by atoms with Gasteiger partial charge in [0.2, 0.25) is 0 Å². The Kier molecular flexibility index (Phi) is 5.37.